The summed E-state index contributed by atoms with van der Waals surface area (Å²) in [6.07, 6.45) is 2.23. The Hall–Kier alpha value is -4.77. The van der Waals surface area contributed by atoms with Gasteiger partial charge in [0.25, 0.3) is 11.8 Å². The maximum atomic E-state index is 13.9. The number of amides is 5. The SMILES string of the molecule is COCCOCCOCCOCCOCCOCCOCCOCCOCCOCC(=O)NCCCC[C@H](NC(=O)CCCN1C(=O)C=CC1=O)C(=O)NCCCC(=O)Oc1c(F)c(F)c(F)c(F)c1F. The van der Waals surface area contributed by atoms with E-state index in [2.05, 4.69) is 20.7 Å². The minimum Gasteiger partial charge on any atom is -0.420 e. The molecule has 1 aromatic rings. The molecule has 0 spiro atoms. The van der Waals surface area contributed by atoms with Crippen molar-refractivity contribution in [3.05, 3.63) is 41.2 Å². The summed E-state index contributed by atoms with van der Waals surface area (Å²) < 4.78 is 126. The molecule has 1 aliphatic heterocycles. The van der Waals surface area contributed by atoms with Crippen molar-refractivity contribution in [2.45, 2.75) is 51.0 Å². The van der Waals surface area contributed by atoms with Gasteiger partial charge < -0.3 is 68.1 Å². The number of halogens is 5. The van der Waals surface area contributed by atoms with E-state index in [0.29, 0.717) is 119 Å². The molecule has 5 amide bonds. The van der Waals surface area contributed by atoms with Gasteiger partial charge in [0.1, 0.15) is 12.6 Å². The molecule has 1 heterocycles. The molecule has 0 radical (unpaired) electrons. The molecule has 71 heavy (non-hydrogen) atoms. The van der Waals surface area contributed by atoms with E-state index >= 15 is 0 Å². The average molecular weight is 1030 g/mol. The standard InChI is InChI=1S/C45H67F5N4O17/c1-61-14-15-62-16-17-63-18-19-64-20-21-65-22-23-66-24-25-67-26-27-68-28-29-69-30-31-70-32-35(56)51-11-3-2-6-33(53-34(55)7-5-13-54-36(57)9-10-37(54)58)45(60)52-12-4-8-38(59)71-44-42(49)40(47)39(46)41(48)43(44)50/h9-10,33H,2-8,11-32H2,1H3,(H,51,56)(H,52,60)(H,53,55)/t33-/m0/s1. The molecular weight excluding hydrogens is 963 g/mol. The summed E-state index contributed by atoms with van der Waals surface area (Å²) in [6, 6.07) is -1.10. The molecule has 0 unspecified atom stereocenters. The van der Waals surface area contributed by atoms with Crippen molar-refractivity contribution in [1.82, 2.24) is 20.9 Å². The second kappa shape index (κ2) is 39.8. The number of ether oxygens (including phenoxy) is 11. The van der Waals surface area contributed by atoms with Gasteiger partial charge in [0, 0.05) is 51.7 Å². The monoisotopic (exact) mass is 1030 g/mol. The minimum absolute atomic E-state index is 0.0280. The Kier molecular flexibility index (Phi) is 34.9. The van der Waals surface area contributed by atoms with Crippen LogP contribution in [0, 0.1) is 29.1 Å². The number of nitrogens with zero attached hydrogens (tertiary/aromatic N) is 1. The van der Waals surface area contributed by atoms with Crippen molar-refractivity contribution in [2.75, 3.05) is 152 Å². The van der Waals surface area contributed by atoms with Crippen molar-refractivity contribution < 1.29 is 103 Å². The van der Waals surface area contributed by atoms with E-state index in [1.54, 1.807) is 7.11 Å². The number of carbonyl (C=O) groups is 6. The number of methoxy groups -OCH3 is 1. The summed E-state index contributed by atoms with van der Waals surface area (Å²) in [4.78, 5) is 74.6. The lowest BCUT2D eigenvalue weighted by Gasteiger charge is -2.19. The molecule has 0 aliphatic carbocycles. The first kappa shape index (κ1) is 62.3. The second-order valence-electron chi connectivity index (χ2n) is 14.9. The van der Waals surface area contributed by atoms with Crippen molar-refractivity contribution in [3.8, 4) is 5.75 Å². The van der Waals surface area contributed by atoms with Crippen LogP contribution in [0.1, 0.15) is 44.9 Å². The van der Waals surface area contributed by atoms with E-state index in [1.165, 1.54) is 0 Å². The summed E-state index contributed by atoms with van der Waals surface area (Å²) >= 11 is 0. The predicted octanol–water partition coefficient (Wildman–Crippen LogP) is 1.46. The number of benzene rings is 1. The van der Waals surface area contributed by atoms with Gasteiger partial charge in [0.15, 0.2) is 0 Å². The molecule has 0 saturated heterocycles. The Morgan fingerprint density at radius 3 is 1.39 bits per heavy atom. The van der Waals surface area contributed by atoms with E-state index in [9.17, 15) is 50.7 Å². The van der Waals surface area contributed by atoms with Gasteiger partial charge in [-0.1, -0.05) is 0 Å². The average Bonchev–Trinajstić information content (AvgIpc) is 3.68. The van der Waals surface area contributed by atoms with Crippen LogP contribution >= 0.6 is 0 Å². The fourth-order valence-electron chi connectivity index (χ4n) is 5.81. The highest BCUT2D eigenvalue weighted by Crippen LogP contribution is 2.29. The first-order valence-electron chi connectivity index (χ1n) is 23.1. The smallest absolute Gasteiger partial charge is 0.311 e. The van der Waals surface area contributed by atoms with Crippen molar-refractivity contribution in [1.29, 1.82) is 0 Å². The van der Waals surface area contributed by atoms with Crippen LogP contribution in [0.25, 0.3) is 0 Å². The molecule has 0 aromatic heterocycles. The summed E-state index contributed by atoms with van der Waals surface area (Å²) in [5.41, 5.74) is 0. The summed E-state index contributed by atoms with van der Waals surface area (Å²) in [6.45, 7) is 7.24. The Balaban J connectivity index is 1.50. The van der Waals surface area contributed by atoms with Gasteiger partial charge in [0.05, 0.1) is 119 Å². The zero-order valence-electron chi connectivity index (χ0n) is 40.0. The fourth-order valence-corrected chi connectivity index (χ4v) is 5.81. The highest BCUT2D eigenvalue weighted by Gasteiger charge is 2.29. The lowest BCUT2D eigenvalue weighted by atomic mass is 10.1. The van der Waals surface area contributed by atoms with Gasteiger partial charge in [-0.3, -0.25) is 33.7 Å². The fraction of sp³-hybridized carbons (Fsp3) is 0.689. The van der Waals surface area contributed by atoms with Gasteiger partial charge in [-0.05, 0) is 32.1 Å². The summed E-state index contributed by atoms with van der Waals surface area (Å²) in [5, 5.41) is 7.75. The molecule has 21 nitrogen and oxygen atoms in total. The number of esters is 1. The quantitative estimate of drug-likeness (QED) is 0.0159. The summed E-state index contributed by atoms with van der Waals surface area (Å²) in [7, 11) is 1.62. The molecular formula is C45H67F5N4O17. The van der Waals surface area contributed by atoms with Crippen LogP contribution in [0.4, 0.5) is 22.0 Å². The lowest BCUT2D eigenvalue weighted by molar-refractivity contribution is -0.137. The predicted molar refractivity (Wildman–Crippen MR) is 237 cm³/mol. The van der Waals surface area contributed by atoms with E-state index in [4.69, 9.17) is 47.4 Å². The Bertz CT molecular complexity index is 1720. The van der Waals surface area contributed by atoms with Gasteiger partial charge in [-0.15, -0.1) is 0 Å². The van der Waals surface area contributed by atoms with E-state index in [-0.39, 0.29) is 65.1 Å². The third-order valence-electron chi connectivity index (χ3n) is 9.46. The third kappa shape index (κ3) is 28.8. The molecule has 1 atom stereocenters. The number of hydrogen-bond acceptors (Lipinski definition) is 17. The van der Waals surface area contributed by atoms with Crippen molar-refractivity contribution >= 4 is 35.5 Å². The molecule has 1 aromatic carbocycles. The van der Waals surface area contributed by atoms with Gasteiger partial charge in [-0.25, -0.2) is 13.2 Å². The normalized spacial score (nSPS) is 12.7. The highest BCUT2D eigenvalue weighted by molar-refractivity contribution is 6.12. The number of rotatable bonds is 45. The zero-order valence-corrected chi connectivity index (χ0v) is 40.0. The number of nitrogens with one attached hydrogen (secondary N) is 3. The highest BCUT2D eigenvalue weighted by atomic mass is 19.2. The van der Waals surface area contributed by atoms with E-state index in [0.717, 1.165) is 17.1 Å². The molecule has 1 aliphatic rings. The first-order valence-corrected chi connectivity index (χ1v) is 23.1. The third-order valence-corrected chi connectivity index (χ3v) is 9.46. The van der Waals surface area contributed by atoms with Crippen LogP contribution in [0.2, 0.25) is 0 Å². The number of carbonyl (C=O) groups excluding carboxylic acids is 6. The molecule has 0 saturated carbocycles. The van der Waals surface area contributed by atoms with Crippen LogP contribution < -0.4 is 20.7 Å². The molecule has 3 N–H and O–H groups in total. The Morgan fingerprint density at radius 1 is 0.507 bits per heavy atom. The largest absolute Gasteiger partial charge is 0.420 e. The number of imide groups is 1. The summed E-state index contributed by atoms with van der Waals surface area (Å²) in [5.74, 6) is -17.4. The lowest BCUT2D eigenvalue weighted by Crippen LogP contribution is -2.47. The van der Waals surface area contributed by atoms with Crippen LogP contribution in [-0.4, -0.2) is 199 Å². The van der Waals surface area contributed by atoms with Crippen molar-refractivity contribution in [3.63, 3.8) is 0 Å². The first-order chi connectivity index (χ1) is 34.4. The second-order valence-corrected chi connectivity index (χ2v) is 14.9. The minimum atomic E-state index is -2.42. The molecule has 404 valence electrons. The number of unbranched alkanes of at least 4 members (excludes halogenated alkanes) is 1. The Morgan fingerprint density at radius 2 is 0.930 bits per heavy atom. The maximum Gasteiger partial charge on any atom is 0.311 e. The topological polar surface area (TPSA) is 243 Å². The van der Waals surface area contributed by atoms with E-state index in [1.807, 2.05) is 0 Å². The van der Waals surface area contributed by atoms with E-state index < -0.39 is 82.8 Å². The maximum absolute atomic E-state index is 13.9. The van der Waals surface area contributed by atoms with Crippen LogP contribution in [-0.2, 0) is 76.1 Å². The molecule has 0 bridgehead atoms. The molecule has 26 heteroatoms. The van der Waals surface area contributed by atoms with Gasteiger partial charge >= 0.3 is 5.97 Å². The van der Waals surface area contributed by atoms with Gasteiger partial charge in [-0.2, -0.15) is 8.78 Å². The van der Waals surface area contributed by atoms with Crippen LogP contribution in [0.3, 0.4) is 0 Å². The Labute approximate surface area is 408 Å². The number of hydrogen-bond donors (Lipinski definition) is 3. The van der Waals surface area contributed by atoms with Crippen LogP contribution in [0.15, 0.2) is 12.2 Å². The van der Waals surface area contributed by atoms with Crippen molar-refractivity contribution in [2.24, 2.45) is 0 Å². The molecule has 0 fully saturated rings. The van der Waals surface area contributed by atoms with Crippen LogP contribution in [0.5, 0.6) is 5.75 Å². The van der Waals surface area contributed by atoms with Gasteiger partial charge in [0.2, 0.25) is 52.6 Å². The zero-order chi connectivity index (χ0) is 51.9. The molecule has 2 rings (SSSR count).